The van der Waals surface area contributed by atoms with Crippen molar-refractivity contribution < 1.29 is 24.0 Å². The zero-order chi connectivity index (χ0) is 20.5. The largest absolute Gasteiger partial charge is 0.493 e. The molecule has 2 aromatic carbocycles. The monoisotopic (exact) mass is 384 g/mol. The van der Waals surface area contributed by atoms with Crippen molar-refractivity contribution in [2.45, 2.75) is 13.8 Å². The normalized spacial score (nSPS) is 10.5. The molecule has 0 aliphatic heterocycles. The van der Waals surface area contributed by atoms with E-state index in [0.29, 0.717) is 23.5 Å². The van der Waals surface area contributed by atoms with Crippen LogP contribution >= 0.6 is 0 Å². The molecule has 2 aromatic rings. The number of non-ortho nitro benzene ring substituents is 1. The molecule has 2 rings (SSSR count). The second-order valence-corrected chi connectivity index (χ2v) is 5.72. The Bertz CT molecular complexity index is 907. The molecule has 146 valence electrons. The molecule has 0 aliphatic carbocycles. The minimum atomic E-state index is -0.697. The number of hydrogen-bond acceptors (Lipinski definition) is 6. The highest BCUT2D eigenvalue weighted by molar-refractivity contribution is 5.95. The Hall–Kier alpha value is -3.68. The van der Waals surface area contributed by atoms with Gasteiger partial charge in [-0.3, -0.25) is 14.9 Å². The Morgan fingerprint density at radius 2 is 1.96 bits per heavy atom. The van der Waals surface area contributed by atoms with E-state index in [4.69, 9.17) is 9.47 Å². The molecule has 0 radical (unpaired) electrons. The molecule has 0 atom stereocenters. The molecule has 0 bridgehead atoms. The maximum absolute atomic E-state index is 12.0. The Kier molecular flexibility index (Phi) is 7.27. The predicted octanol–water partition coefficient (Wildman–Crippen LogP) is 3.50. The van der Waals surface area contributed by atoms with Gasteiger partial charge in [-0.2, -0.15) is 0 Å². The fourth-order valence-electron chi connectivity index (χ4n) is 2.29. The van der Waals surface area contributed by atoms with Crippen molar-refractivity contribution in [2.75, 3.05) is 18.5 Å². The van der Waals surface area contributed by atoms with E-state index in [0.717, 1.165) is 0 Å². The third kappa shape index (κ3) is 5.94. The number of rotatable bonds is 8. The molecule has 0 aliphatic rings. The van der Waals surface area contributed by atoms with Gasteiger partial charge in [-0.05, 0) is 31.6 Å². The number of amides is 1. The summed E-state index contributed by atoms with van der Waals surface area (Å²) in [5.74, 6) is -0.662. The van der Waals surface area contributed by atoms with Crippen molar-refractivity contribution in [2.24, 2.45) is 0 Å². The summed E-state index contributed by atoms with van der Waals surface area (Å²) in [7, 11) is 0. The van der Waals surface area contributed by atoms with E-state index in [1.54, 1.807) is 19.1 Å². The zero-order valence-corrected chi connectivity index (χ0v) is 15.5. The summed E-state index contributed by atoms with van der Waals surface area (Å²) in [6, 6.07) is 11.3. The van der Waals surface area contributed by atoms with E-state index in [9.17, 15) is 19.7 Å². The van der Waals surface area contributed by atoms with E-state index in [1.165, 1.54) is 30.4 Å². The first-order valence-electron chi connectivity index (χ1n) is 8.52. The Morgan fingerprint density at radius 1 is 1.21 bits per heavy atom. The minimum absolute atomic E-state index is 0.145. The summed E-state index contributed by atoms with van der Waals surface area (Å²) in [4.78, 5) is 34.1. The van der Waals surface area contributed by atoms with Crippen molar-refractivity contribution in [3.63, 3.8) is 0 Å². The van der Waals surface area contributed by atoms with Crippen molar-refractivity contribution in [1.29, 1.82) is 0 Å². The lowest BCUT2D eigenvalue weighted by Crippen LogP contribution is -2.20. The Labute approximate surface area is 161 Å². The summed E-state index contributed by atoms with van der Waals surface area (Å²) in [6.07, 6.45) is 2.74. The van der Waals surface area contributed by atoms with Gasteiger partial charge in [0, 0.05) is 23.8 Å². The average molecular weight is 384 g/mol. The molecule has 0 fully saturated rings. The van der Waals surface area contributed by atoms with Crippen molar-refractivity contribution in [3.8, 4) is 5.75 Å². The number of ether oxygens (including phenoxy) is 2. The molecule has 1 amide bonds. The molecule has 8 nitrogen and oxygen atoms in total. The van der Waals surface area contributed by atoms with Crippen LogP contribution in [0.2, 0.25) is 0 Å². The van der Waals surface area contributed by atoms with E-state index in [2.05, 4.69) is 5.32 Å². The van der Waals surface area contributed by atoms with Gasteiger partial charge in [0.15, 0.2) is 6.61 Å². The number of hydrogen-bond donors (Lipinski definition) is 1. The van der Waals surface area contributed by atoms with Crippen LogP contribution in [0.4, 0.5) is 11.4 Å². The van der Waals surface area contributed by atoms with Crippen LogP contribution in [0, 0.1) is 17.0 Å². The number of esters is 1. The van der Waals surface area contributed by atoms with E-state index in [1.807, 2.05) is 19.1 Å². The number of nitrogens with one attached hydrogen (secondary N) is 1. The molecule has 1 N–H and O–H groups in total. The maximum atomic E-state index is 12.0. The molecular formula is C20H20N2O6. The first kappa shape index (κ1) is 20.6. The number of carbonyl (C=O) groups excluding carboxylic acids is 2. The number of nitro benzene ring substituents is 1. The molecular weight excluding hydrogens is 364 g/mol. The summed E-state index contributed by atoms with van der Waals surface area (Å²) in [5, 5.41) is 13.3. The summed E-state index contributed by atoms with van der Waals surface area (Å²) < 4.78 is 10.4. The zero-order valence-electron chi connectivity index (χ0n) is 15.5. The highest BCUT2D eigenvalue weighted by Crippen LogP contribution is 2.22. The first-order chi connectivity index (χ1) is 13.4. The molecule has 0 aromatic heterocycles. The maximum Gasteiger partial charge on any atom is 0.331 e. The van der Waals surface area contributed by atoms with Crippen LogP contribution in [0.5, 0.6) is 5.75 Å². The second-order valence-electron chi connectivity index (χ2n) is 5.72. The number of nitro groups is 1. The van der Waals surface area contributed by atoms with Gasteiger partial charge >= 0.3 is 5.97 Å². The summed E-state index contributed by atoms with van der Waals surface area (Å²) >= 11 is 0. The minimum Gasteiger partial charge on any atom is -0.493 e. The van der Waals surface area contributed by atoms with Gasteiger partial charge in [-0.15, -0.1) is 0 Å². The molecule has 8 heteroatoms. The van der Waals surface area contributed by atoms with Crippen LogP contribution in [-0.2, 0) is 14.3 Å². The van der Waals surface area contributed by atoms with Gasteiger partial charge in [0.1, 0.15) is 5.75 Å². The number of carbonyl (C=O) groups is 2. The molecule has 0 heterocycles. The fourth-order valence-corrected chi connectivity index (χ4v) is 2.29. The molecule has 0 saturated heterocycles. The third-order valence-corrected chi connectivity index (χ3v) is 3.67. The third-order valence-electron chi connectivity index (χ3n) is 3.67. The standard InChI is InChI=1S/C20H20N2O6/c1-3-27-18-7-5-4-6-15(18)9-11-20(24)28-13-19(23)21-17-12-16(22(25)26)10-8-14(17)2/h4-12H,3,13H2,1-2H3,(H,21,23)/b11-9+. The topological polar surface area (TPSA) is 108 Å². The van der Waals surface area contributed by atoms with E-state index in [-0.39, 0.29) is 11.4 Å². The Morgan fingerprint density at radius 3 is 2.68 bits per heavy atom. The van der Waals surface area contributed by atoms with Crippen LogP contribution in [0.25, 0.3) is 6.08 Å². The van der Waals surface area contributed by atoms with E-state index < -0.39 is 23.4 Å². The second kappa shape index (κ2) is 9.86. The van der Waals surface area contributed by atoms with Gasteiger partial charge in [0.25, 0.3) is 11.6 Å². The van der Waals surface area contributed by atoms with Crippen LogP contribution in [0.3, 0.4) is 0 Å². The highest BCUT2D eigenvalue weighted by Gasteiger charge is 2.12. The van der Waals surface area contributed by atoms with Gasteiger partial charge < -0.3 is 14.8 Å². The lowest BCUT2D eigenvalue weighted by Gasteiger charge is -2.08. The van der Waals surface area contributed by atoms with Crippen molar-refractivity contribution in [1.82, 2.24) is 0 Å². The highest BCUT2D eigenvalue weighted by atomic mass is 16.6. The lowest BCUT2D eigenvalue weighted by molar-refractivity contribution is -0.384. The van der Waals surface area contributed by atoms with Crippen LogP contribution in [0.1, 0.15) is 18.1 Å². The van der Waals surface area contributed by atoms with Crippen LogP contribution < -0.4 is 10.1 Å². The fraction of sp³-hybridized carbons (Fsp3) is 0.200. The molecule has 0 unspecified atom stereocenters. The van der Waals surface area contributed by atoms with Gasteiger partial charge in [0.05, 0.1) is 17.2 Å². The lowest BCUT2D eigenvalue weighted by atomic mass is 10.2. The number of para-hydroxylation sites is 1. The molecule has 28 heavy (non-hydrogen) atoms. The van der Waals surface area contributed by atoms with E-state index >= 15 is 0 Å². The molecule has 0 saturated carbocycles. The summed E-state index contributed by atoms with van der Waals surface area (Å²) in [5.41, 5.74) is 1.50. The smallest absolute Gasteiger partial charge is 0.331 e. The van der Waals surface area contributed by atoms with Crippen LogP contribution in [-0.4, -0.2) is 30.0 Å². The Balaban J connectivity index is 1.92. The van der Waals surface area contributed by atoms with Gasteiger partial charge in [-0.25, -0.2) is 4.79 Å². The average Bonchev–Trinajstić information content (AvgIpc) is 2.67. The SMILES string of the molecule is CCOc1ccccc1/C=C/C(=O)OCC(=O)Nc1cc([N+](=O)[O-])ccc1C. The predicted molar refractivity (Wildman–Crippen MR) is 104 cm³/mol. The number of nitrogens with zero attached hydrogens (tertiary/aromatic N) is 1. The van der Waals surface area contributed by atoms with Gasteiger partial charge in [0.2, 0.25) is 0 Å². The number of aryl methyl sites for hydroxylation is 1. The van der Waals surface area contributed by atoms with Crippen molar-refractivity contribution >= 4 is 29.3 Å². The van der Waals surface area contributed by atoms with Gasteiger partial charge in [-0.1, -0.05) is 24.3 Å². The first-order valence-corrected chi connectivity index (χ1v) is 8.52. The quantitative estimate of drug-likeness (QED) is 0.323. The molecule has 0 spiro atoms. The van der Waals surface area contributed by atoms with Crippen molar-refractivity contribution in [3.05, 3.63) is 69.8 Å². The number of benzene rings is 2. The number of anilines is 1. The van der Waals surface area contributed by atoms with Crippen LogP contribution in [0.15, 0.2) is 48.5 Å². The summed E-state index contributed by atoms with van der Waals surface area (Å²) in [6.45, 7) is 3.53.